The number of thiophene rings is 1. The van der Waals surface area contributed by atoms with Crippen LogP contribution in [0.15, 0.2) is 34.1 Å². The molecule has 186 valence electrons. The number of morpholine rings is 1. The lowest BCUT2D eigenvalue weighted by atomic mass is 10.0. The number of hydrogen-bond donors (Lipinski definition) is 2. The van der Waals surface area contributed by atoms with Crippen molar-refractivity contribution in [3.8, 4) is 0 Å². The van der Waals surface area contributed by atoms with Crippen LogP contribution in [0.3, 0.4) is 0 Å². The molecule has 2 bridgehead atoms. The molecule has 4 atom stereocenters. The lowest BCUT2D eigenvalue weighted by Gasteiger charge is -2.45. The Labute approximate surface area is 203 Å². The number of sulfonamides is 1. The van der Waals surface area contributed by atoms with Crippen LogP contribution in [0.2, 0.25) is 0 Å². The molecule has 5 heterocycles. The maximum atomic E-state index is 13.3. The van der Waals surface area contributed by atoms with Gasteiger partial charge in [0.2, 0.25) is 5.95 Å². The van der Waals surface area contributed by atoms with E-state index in [1.807, 2.05) is 0 Å². The van der Waals surface area contributed by atoms with Gasteiger partial charge in [0.05, 0.1) is 37.0 Å². The van der Waals surface area contributed by atoms with E-state index in [-0.39, 0.29) is 18.1 Å². The quantitative estimate of drug-likeness (QED) is 0.573. The Kier molecular flexibility index (Phi) is 6.42. The topological polar surface area (TPSA) is 119 Å². The number of hydrogen-bond acceptors (Lipinski definition) is 10. The molecule has 0 unspecified atom stereocenters. The Morgan fingerprint density at radius 1 is 1.24 bits per heavy atom. The first kappa shape index (κ1) is 24.0. The fourth-order valence-electron chi connectivity index (χ4n) is 5.07. The molecule has 2 aromatic rings. The maximum absolute atomic E-state index is 13.3. The molecule has 5 rings (SSSR count). The molecule has 34 heavy (non-hydrogen) atoms. The molecule has 3 aliphatic rings. The standard InChI is InChI=1S/C22H31N5O5S2/c1-22(2,29)15-9-23-21(24-10-15)26-6-5-25(34(30,31)20-4-3-7-33-20)11-17(26)12-27-16-8-19(28)18(27)14-32-13-16/h3-4,7,9-10,16-19,28-29H,5-6,8,11-14H2,1-2H3/t16-,17+,18-,19-/m0/s1. The largest absolute Gasteiger partial charge is 0.391 e. The van der Waals surface area contributed by atoms with E-state index in [2.05, 4.69) is 19.8 Å². The summed E-state index contributed by atoms with van der Waals surface area (Å²) in [5, 5.41) is 22.5. The van der Waals surface area contributed by atoms with Gasteiger partial charge in [0, 0.05) is 50.2 Å². The second kappa shape index (κ2) is 9.08. The Morgan fingerprint density at radius 2 is 2.00 bits per heavy atom. The van der Waals surface area contributed by atoms with Gasteiger partial charge in [0.1, 0.15) is 4.21 Å². The molecule has 0 saturated carbocycles. The number of piperazine rings is 1. The fraction of sp³-hybridized carbons (Fsp3) is 0.636. The predicted molar refractivity (Wildman–Crippen MR) is 127 cm³/mol. The van der Waals surface area contributed by atoms with Crippen molar-refractivity contribution in [2.75, 3.05) is 44.3 Å². The first-order chi connectivity index (χ1) is 16.1. The van der Waals surface area contributed by atoms with Crippen LogP contribution < -0.4 is 4.90 Å². The van der Waals surface area contributed by atoms with Gasteiger partial charge in [-0.3, -0.25) is 4.90 Å². The van der Waals surface area contributed by atoms with Crippen molar-refractivity contribution in [2.45, 2.75) is 54.3 Å². The summed E-state index contributed by atoms with van der Waals surface area (Å²) in [7, 11) is -3.59. The fourth-order valence-corrected chi connectivity index (χ4v) is 7.69. The van der Waals surface area contributed by atoms with E-state index >= 15 is 0 Å². The minimum atomic E-state index is -3.59. The van der Waals surface area contributed by atoms with Crippen molar-refractivity contribution in [1.82, 2.24) is 19.2 Å². The minimum Gasteiger partial charge on any atom is -0.391 e. The number of aliphatic hydroxyl groups is 2. The van der Waals surface area contributed by atoms with Crippen LogP contribution in [0.4, 0.5) is 5.95 Å². The molecule has 3 aliphatic heterocycles. The zero-order valence-corrected chi connectivity index (χ0v) is 21.0. The Morgan fingerprint density at radius 3 is 2.65 bits per heavy atom. The first-order valence-electron chi connectivity index (χ1n) is 11.5. The highest BCUT2D eigenvalue weighted by Gasteiger charge is 2.46. The Hall–Kier alpha value is -1.67. The second-order valence-corrected chi connectivity index (χ2v) is 12.8. The van der Waals surface area contributed by atoms with Gasteiger partial charge in [0.25, 0.3) is 10.0 Å². The summed E-state index contributed by atoms with van der Waals surface area (Å²) in [6, 6.07) is 3.20. The molecule has 0 spiro atoms. The van der Waals surface area contributed by atoms with Crippen LogP contribution in [0.25, 0.3) is 0 Å². The second-order valence-electron chi connectivity index (χ2n) is 9.73. The number of nitrogens with zero attached hydrogens (tertiary/aromatic N) is 5. The van der Waals surface area contributed by atoms with Crippen LogP contribution in [0.1, 0.15) is 25.8 Å². The highest BCUT2D eigenvalue weighted by atomic mass is 32.2. The van der Waals surface area contributed by atoms with Crippen molar-refractivity contribution in [3.63, 3.8) is 0 Å². The summed E-state index contributed by atoms with van der Waals surface area (Å²) < 4.78 is 34.1. The summed E-state index contributed by atoms with van der Waals surface area (Å²) in [4.78, 5) is 13.3. The van der Waals surface area contributed by atoms with Gasteiger partial charge in [-0.05, 0) is 31.7 Å². The van der Waals surface area contributed by atoms with E-state index in [0.717, 1.165) is 0 Å². The van der Waals surface area contributed by atoms with Gasteiger partial charge in [-0.25, -0.2) is 18.4 Å². The Balaban J connectivity index is 1.42. The third-order valence-corrected chi connectivity index (χ3v) is 10.2. The summed E-state index contributed by atoms with van der Waals surface area (Å²) in [6.07, 6.45) is 3.45. The average molecular weight is 510 g/mol. The third kappa shape index (κ3) is 4.48. The van der Waals surface area contributed by atoms with Gasteiger partial charge < -0.3 is 19.8 Å². The molecule has 2 N–H and O–H groups in total. The van der Waals surface area contributed by atoms with Crippen LogP contribution in [-0.2, 0) is 20.4 Å². The number of rotatable bonds is 6. The molecule has 0 amide bonds. The van der Waals surface area contributed by atoms with Crippen LogP contribution in [-0.4, -0.2) is 101 Å². The van der Waals surface area contributed by atoms with Gasteiger partial charge in [-0.1, -0.05) is 6.07 Å². The van der Waals surface area contributed by atoms with Crippen molar-refractivity contribution in [1.29, 1.82) is 0 Å². The first-order valence-corrected chi connectivity index (χ1v) is 13.8. The van der Waals surface area contributed by atoms with E-state index in [9.17, 15) is 18.6 Å². The maximum Gasteiger partial charge on any atom is 0.252 e. The minimum absolute atomic E-state index is 0.0941. The van der Waals surface area contributed by atoms with Gasteiger partial charge in [-0.2, -0.15) is 4.31 Å². The van der Waals surface area contributed by atoms with Crippen LogP contribution in [0, 0.1) is 0 Å². The summed E-state index contributed by atoms with van der Waals surface area (Å²) in [5.41, 5.74) is -0.435. The average Bonchev–Trinajstić information content (AvgIpc) is 3.39. The summed E-state index contributed by atoms with van der Waals surface area (Å²) in [5.74, 6) is 0.507. The third-order valence-electron chi connectivity index (χ3n) is 7.01. The summed E-state index contributed by atoms with van der Waals surface area (Å²) in [6.45, 7) is 6.04. The molecule has 0 aliphatic carbocycles. The molecular weight excluding hydrogens is 478 g/mol. The number of anilines is 1. The lowest BCUT2D eigenvalue weighted by molar-refractivity contribution is -0.0345. The number of aromatic nitrogens is 2. The number of ether oxygens (including phenoxy) is 1. The van der Waals surface area contributed by atoms with E-state index in [1.54, 1.807) is 48.1 Å². The molecule has 2 aromatic heterocycles. The zero-order valence-electron chi connectivity index (χ0n) is 19.3. The molecule has 3 fully saturated rings. The van der Waals surface area contributed by atoms with Crippen molar-refractivity contribution in [2.24, 2.45) is 0 Å². The molecule has 12 heteroatoms. The number of aliphatic hydroxyl groups excluding tert-OH is 1. The van der Waals surface area contributed by atoms with E-state index in [1.165, 1.54) is 11.3 Å². The van der Waals surface area contributed by atoms with E-state index < -0.39 is 21.7 Å². The molecule has 3 saturated heterocycles. The number of fused-ring (bicyclic) bond motifs is 2. The van der Waals surface area contributed by atoms with E-state index in [4.69, 9.17) is 4.74 Å². The van der Waals surface area contributed by atoms with Crippen molar-refractivity contribution < 1.29 is 23.4 Å². The van der Waals surface area contributed by atoms with Crippen LogP contribution in [0.5, 0.6) is 0 Å². The highest BCUT2D eigenvalue weighted by Crippen LogP contribution is 2.32. The molecular formula is C22H31N5O5S2. The molecule has 0 aromatic carbocycles. The highest BCUT2D eigenvalue weighted by molar-refractivity contribution is 7.91. The SMILES string of the molecule is CC(C)(O)c1cnc(N2CCN(S(=O)(=O)c3cccs3)C[C@@H]2CN2[C@@H]3COC[C@H]2[C@@H](O)C3)nc1. The lowest BCUT2D eigenvalue weighted by Crippen LogP contribution is -2.61. The van der Waals surface area contributed by atoms with Crippen LogP contribution >= 0.6 is 11.3 Å². The van der Waals surface area contributed by atoms with Crippen molar-refractivity contribution >= 4 is 27.3 Å². The smallest absolute Gasteiger partial charge is 0.252 e. The normalized spacial score (nSPS) is 29.0. The van der Waals surface area contributed by atoms with Gasteiger partial charge in [0.15, 0.2) is 0 Å². The van der Waals surface area contributed by atoms with Gasteiger partial charge in [-0.15, -0.1) is 11.3 Å². The van der Waals surface area contributed by atoms with Crippen molar-refractivity contribution in [3.05, 3.63) is 35.5 Å². The monoisotopic (exact) mass is 509 g/mol. The Bertz CT molecular complexity index is 1090. The summed E-state index contributed by atoms with van der Waals surface area (Å²) >= 11 is 1.22. The molecule has 0 radical (unpaired) electrons. The van der Waals surface area contributed by atoms with E-state index in [0.29, 0.717) is 61.5 Å². The van der Waals surface area contributed by atoms with Gasteiger partial charge >= 0.3 is 0 Å². The molecule has 10 nitrogen and oxygen atoms in total. The zero-order chi connectivity index (χ0) is 24.1. The predicted octanol–water partition coefficient (Wildman–Crippen LogP) is 0.479.